The van der Waals surface area contributed by atoms with Crippen LogP contribution in [0, 0.1) is 0 Å². The van der Waals surface area contributed by atoms with Crippen molar-refractivity contribution in [1.29, 1.82) is 0 Å². The molecule has 0 aromatic carbocycles. The molecule has 6 nitrogen and oxygen atoms in total. The summed E-state index contributed by atoms with van der Waals surface area (Å²) in [5.74, 6) is 0.954. The molecule has 2 fully saturated rings. The number of halogens is 1. The lowest BCUT2D eigenvalue weighted by atomic mass is 10.2. The Hall–Kier alpha value is -0.420. The summed E-state index contributed by atoms with van der Waals surface area (Å²) in [6, 6.07) is 4.84. The summed E-state index contributed by atoms with van der Waals surface area (Å²) in [7, 11) is 0. The van der Waals surface area contributed by atoms with Gasteiger partial charge in [-0.1, -0.05) is 13.0 Å². The van der Waals surface area contributed by atoms with E-state index in [4.69, 9.17) is 4.99 Å². The highest BCUT2D eigenvalue weighted by Crippen LogP contribution is 2.28. The Bertz CT molecular complexity index is 568. The number of guanidine groups is 1. The Morgan fingerprint density at radius 3 is 2.41 bits per heavy atom. The number of piperazine rings is 1. The molecule has 0 aliphatic carbocycles. The molecular weight excluding hydrogens is 495 g/mol. The summed E-state index contributed by atoms with van der Waals surface area (Å²) in [6.45, 7) is 16.5. The van der Waals surface area contributed by atoms with Crippen LogP contribution in [0.25, 0.3) is 0 Å². The number of likely N-dealkylation sites (N-methyl/N-ethyl adjacent to an activating group) is 1. The van der Waals surface area contributed by atoms with Crippen LogP contribution in [0.4, 0.5) is 0 Å². The highest BCUT2D eigenvalue weighted by atomic mass is 127. The van der Waals surface area contributed by atoms with Gasteiger partial charge in [-0.2, -0.15) is 0 Å². The topological polar surface area (TPSA) is 46.1 Å². The first-order valence-electron chi connectivity index (χ1n) is 11.0. The van der Waals surface area contributed by atoms with Crippen LogP contribution in [-0.4, -0.2) is 92.7 Å². The second-order valence-electron chi connectivity index (χ2n) is 7.70. The third-order valence-electron chi connectivity index (χ3n) is 5.85. The Kier molecular flexibility index (Phi) is 11.8. The fourth-order valence-electron chi connectivity index (χ4n) is 4.10. The predicted octanol–water partition coefficient (Wildman–Crippen LogP) is 2.70. The fourth-order valence-corrected chi connectivity index (χ4v) is 4.95. The summed E-state index contributed by atoms with van der Waals surface area (Å²) in [5.41, 5.74) is 0. The van der Waals surface area contributed by atoms with E-state index in [1.54, 1.807) is 0 Å². The molecule has 1 aromatic rings. The minimum Gasteiger partial charge on any atom is -0.357 e. The van der Waals surface area contributed by atoms with Crippen LogP contribution in [0.3, 0.4) is 0 Å². The van der Waals surface area contributed by atoms with Gasteiger partial charge in [-0.25, -0.2) is 0 Å². The molecule has 2 N–H and O–H groups in total. The number of hydrogen-bond acceptors (Lipinski definition) is 5. The van der Waals surface area contributed by atoms with Gasteiger partial charge in [0.05, 0.1) is 12.6 Å². The minimum absolute atomic E-state index is 0. The third-order valence-corrected chi connectivity index (χ3v) is 6.83. The van der Waals surface area contributed by atoms with Gasteiger partial charge in [0.2, 0.25) is 0 Å². The van der Waals surface area contributed by atoms with E-state index >= 15 is 0 Å². The molecule has 0 amide bonds. The van der Waals surface area contributed by atoms with Crippen molar-refractivity contribution in [2.24, 2.45) is 4.99 Å². The molecule has 2 aliphatic rings. The molecule has 29 heavy (non-hydrogen) atoms. The van der Waals surface area contributed by atoms with Crippen molar-refractivity contribution < 1.29 is 0 Å². The maximum absolute atomic E-state index is 4.96. The maximum atomic E-state index is 4.96. The normalized spacial score (nSPS) is 20.4. The standard InChI is InChI=1S/C21H38N6S.HI/c1-3-22-21(23-9-12-26-15-13-25(4-2)14-16-26)24-18-19(20-8-7-17-28-20)27-10-5-6-11-27;/h7-8,17,19H,3-6,9-16,18H2,1-2H3,(H2,22,23,24);1H. The van der Waals surface area contributed by atoms with Crippen molar-refractivity contribution >= 4 is 41.3 Å². The van der Waals surface area contributed by atoms with Crippen molar-refractivity contribution in [2.45, 2.75) is 32.7 Å². The van der Waals surface area contributed by atoms with Crippen LogP contribution in [0.5, 0.6) is 0 Å². The lowest BCUT2D eigenvalue weighted by Crippen LogP contribution is -2.49. The van der Waals surface area contributed by atoms with E-state index in [0.29, 0.717) is 6.04 Å². The van der Waals surface area contributed by atoms with E-state index in [9.17, 15) is 0 Å². The van der Waals surface area contributed by atoms with E-state index in [1.807, 2.05) is 11.3 Å². The molecule has 2 aliphatic heterocycles. The monoisotopic (exact) mass is 534 g/mol. The molecule has 3 heterocycles. The number of nitrogens with zero attached hydrogens (tertiary/aromatic N) is 4. The van der Waals surface area contributed by atoms with Crippen molar-refractivity contribution in [1.82, 2.24) is 25.3 Å². The van der Waals surface area contributed by atoms with Crippen molar-refractivity contribution in [3.8, 4) is 0 Å². The van der Waals surface area contributed by atoms with E-state index < -0.39 is 0 Å². The second kappa shape index (κ2) is 13.8. The number of likely N-dealkylation sites (tertiary alicyclic amines) is 1. The molecular formula is C21H39IN6S. The van der Waals surface area contributed by atoms with Crippen LogP contribution < -0.4 is 10.6 Å². The number of rotatable bonds is 9. The van der Waals surface area contributed by atoms with Gasteiger partial charge >= 0.3 is 0 Å². The molecule has 1 aromatic heterocycles. The van der Waals surface area contributed by atoms with Crippen LogP contribution in [0.2, 0.25) is 0 Å². The molecule has 0 spiro atoms. The van der Waals surface area contributed by atoms with Gasteiger partial charge in [-0.3, -0.25) is 14.8 Å². The van der Waals surface area contributed by atoms with Crippen LogP contribution in [-0.2, 0) is 0 Å². The molecule has 3 rings (SSSR count). The van der Waals surface area contributed by atoms with Crippen molar-refractivity contribution in [2.75, 3.05) is 72.0 Å². The van der Waals surface area contributed by atoms with Crippen LogP contribution >= 0.6 is 35.3 Å². The van der Waals surface area contributed by atoms with Gasteiger partial charge in [0, 0.05) is 50.7 Å². The van der Waals surface area contributed by atoms with Crippen molar-refractivity contribution in [3.63, 3.8) is 0 Å². The highest BCUT2D eigenvalue weighted by Gasteiger charge is 2.24. The SMILES string of the molecule is CCNC(=NCC(c1cccs1)N1CCCC1)NCCN1CCN(CC)CC1.I. The first-order valence-corrected chi connectivity index (χ1v) is 11.9. The number of aliphatic imine (C=N–C) groups is 1. The Labute approximate surface area is 198 Å². The lowest BCUT2D eigenvalue weighted by Gasteiger charge is -2.34. The first kappa shape index (κ1) is 24.8. The molecule has 8 heteroatoms. The number of nitrogens with one attached hydrogen (secondary N) is 2. The maximum Gasteiger partial charge on any atom is 0.191 e. The van der Waals surface area contributed by atoms with Crippen LogP contribution in [0.1, 0.15) is 37.6 Å². The zero-order valence-electron chi connectivity index (χ0n) is 18.1. The highest BCUT2D eigenvalue weighted by molar-refractivity contribution is 14.0. The Morgan fingerprint density at radius 1 is 1.07 bits per heavy atom. The Balaban J connectivity index is 0.00000300. The zero-order chi connectivity index (χ0) is 19.6. The molecule has 0 radical (unpaired) electrons. The summed E-state index contributed by atoms with van der Waals surface area (Å²) in [5, 5.41) is 9.16. The van der Waals surface area contributed by atoms with Gasteiger partial charge < -0.3 is 15.5 Å². The summed E-state index contributed by atoms with van der Waals surface area (Å²) in [6.07, 6.45) is 2.63. The smallest absolute Gasteiger partial charge is 0.191 e. The average Bonchev–Trinajstić information content (AvgIpc) is 3.43. The molecule has 1 unspecified atom stereocenters. The van der Waals surface area contributed by atoms with Gasteiger partial charge in [0.1, 0.15) is 0 Å². The summed E-state index contributed by atoms with van der Waals surface area (Å²) < 4.78 is 0. The summed E-state index contributed by atoms with van der Waals surface area (Å²) >= 11 is 1.86. The quantitative estimate of drug-likeness (QED) is 0.290. The second-order valence-corrected chi connectivity index (χ2v) is 8.68. The van der Waals surface area contributed by atoms with Gasteiger partial charge in [-0.05, 0) is 50.8 Å². The zero-order valence-corrected chi connectivity index (χ0v) is 21.3. The van der Waals surface area contributed by atoms with E-state index in [0.717, 1.165) is 32.1 Å². The fraction of sp³-hybridized carbons (Fsp3) is 0.762. The molecule has 166 valence electrons. The molecule has 2 saturated heterocycles. The van der Waals surface area contributed by atoms with Gasteiger partial charge in [-0.15, -0.1) is 35.3 Å². The molecule has 0 saturated carbocycles. The van der Waals surface area contributed by atoms with Crippen molar-refractivity contribution in [3.05, 3.63) is 22.4 Å². The predicted molar refractivity (Wildman–Crippen MR) is 136 cm³/mol. The van der Waals surface area contributed by atoms with Gasteiger partial charge in [0.15, 0.2) is 5.96 Å². The molecule has 1 atom stereocenters. The summed E-state index contributed by atoms with van der Waals surface area (Å²) in [4.78, 5) is 14.1. The molecule has 0 bridgehead atoms. The van der Waals surface area contributed by atoms with E-state index in [2.05, 4.69) is 56.7 Å². The first-order chi connectivity index (χ1) is 13.8. The Morgan fingerprint density at radius 2 is 1.79 bits per heavy atom. The largest absolute Gasteiger partial charge is 0.357 e. The van der Waals surface area contributed by atoms with E-state index in [-0.39, 0.29) is 24.0 Å². The average molecular weight is 535 g/mol. The lowest BCUT2D eigenvalue weighted by molar-refractivity contribution is 0.139. The van der Waals surface area contributed by atoms with Crippen LogP contribution in [0.15, 0.2) is 22.5 Å². The minimum atomic E-state index is 0. The van der Waals surface area contributed by atoms with E-state index in [1.165, 1.54) is 63.5 Å². The number of thiophene rings is 1. The third kappa shape index (κ3) is 7.97. The van der Waals surface area contributed by atoms with Gasteiger partial charge in [0.25, 0.3) is 0 Å². The number of hydrogen-bond donors (Lipinski definition) is 2.